The number of methoxy groups -OCH3 is 1. The molecule has 3 heteroatoms. The van der Waals surface area contributed by atoms with Crippen LogP contribution in [0.2, 0.25) is 0 Å². The van der Waals surface area contributed by atoms with Gasteiger partial charge >= 0.3 is 0 Å². The van der Waals surface area contributed by atoms with Crippen molar-refractivity contribution in [3.63, 3.8) is 0 Å². The molecule has 1 aliphatic heterocycles. The van der Waals surface area contributed by atoms with E-state index < -0.39 is 0 Å². The first kappa shape index (κ1) is 12.4. The first-order chi connectivity index (χ1) is 8.33. The van der Waals surface area contributed by atoms with Gasteiger partial charge in [-0.25, -0.2) is 0 Å². The summed E-state index contributed by atoms with van der Waals surface area (Å²) in [5.41, 5.74) is 1.39. The summed E-state index contributed by atoms with van der Waals surface area (Å²) in [5, 5.41) is 3.33. The maximum atomic E-state index is 5.16. The first-order valence-corrected chi connectivity index (χ1v) is 6.41. The highest BCUT2D eigenvalue weighted by molar-refractivity contribution is 5.27. The Labute approximate surface area is 104 Å². The third-order valence-corrected chi connectivity index (χ3v) is 3.53. The molecule has 0 bridgehead atoms. The Balaban J connectivity index is 1.82. The largest absolute Gasteiger partial charge is 0.497 e. The molecule has 1 fully saturated rings. The van der Waals surface area contributed by atoms with Gasteiger partial charge in [-0.3, -0.25) is 4.90 Å². The molecule has 0 aliphatic carbocycles. The molecule has 0 aromatic heterocycles. The molecule has 1 heterocycles. The van der Waals surface area contributed by atoms with Crippen molar-refractivity contribution in [1.29, 1.82) is 0 Å². The van der Waals surface area contributed by atoms with Crippen LogP contribution in [0.5, 0.6) is 5.75 Å². The molecule has 94 valence electrons. The van der Waals surface area contributed by atoms with Gasteiger partial charge in [0.05, 0.1) is 7.11 Å². The molecule has 1 aliphatic rings. The minimum atomic E-state index is 0.748. The minimum absolute atomic E-state index is 0.748. The van der Waals surface area contributed by atoms with E-state index in [0.29, 0.717) is 0 Å². The average Bonchev–Trinajstić information content (AvgIpc) is 2.32. The molecule has 0 amide bonds. The lowest BCUT2D eigenvalue weighted by atomic mass is 10.1. The number of nitrogens with one attached hydrogen (secondary N) is 1. The number of nitrogens with zero attached hydrogens (tertiary/aromatic N) is 1. The molecular formula is C14H22N2O. The number of hydrogen-bond acceptors (Lipinski definition) is 3. The van der Waals surface area contributed by atoms with Gasteiger partial charge in [0.1, 0.15) is 5.75 Å². The summed E-state index contributed by atoms with van der Waals surface area (Å²) in [6.07, 6.45) is 1.12. The van der Waals surface area contributed by atoms with Gasteiger partial charge in [-0.1, -0.05) is 19.1 Å². The molecule has 0 saturated carbocycles. The van der Waals surface area contributed by atoms with Gasteiger partial charge < -0.3 is 10.1 Å². The van der Waals surface area contributed by atoms with Gasteiger partial charge in [0.2, 0.25) is 0 Å². The fourth-order valence-corrected chi connectivity index (χ4v) is 2.20. The van der Waals surface area contributed by atoms with E-state index in [4.69, 9.17) is 4.74 Å². The van der Waals surface area contributed by atoms with E-state index in [0.717, 1.165) is 44.4 Å². The van der Waals surface area contributed by atoms with Crippen LogP contribution in [-0.2, 0) is 6.42 Å². The molecule has 1 saturated heterocycles. The Kier molecular flexibility index (Phi) is 4.40. The number of hydrogen-bond donors (Lipinski definition) is 1. The Morgan fingerprint density at radius 2 is 2.00 bits per heavy atom. The van der Waals surface area contributed by atoms with Crippen molar-refractivity contribution in [2.75, 3.05) is 33.3 Å². The summed E-state index contributed by atoms with van der Waals surface area (Å²) < 4.78 is 5.16. The van der Waals surface area contributed by atoms with E-state index in [1.54, 1.807) is 7.11 Å². The third-order valence-electron chi connectivity index (χ3n) is 3.53. The lowest BCUT2D eigenvalue weighted by molar-refractivity contribution is 0.154. The first-order valence-electron chi connectivity index (χ1n) is 6.41. The van der Waals surface area contributed by atoms with E-state index in [-0.39, 0.29) is 0 Å². The van der Waals surface area contributed by atoms with E-state index in [1.807, 2.05) is 12.1 Å². The normalized spacial score (nSPS) is 15.9. The molecule has 1 N–H and O–H groups in total. The molecule has 0 unspecified atom stereocenters. The second-order valence-corrected chi connectivity index (χ2v) is 4.54. The van der Waals surface area contributed by atoms with Gasteiger partial charge in [-0.2, -0.15) is 0 Å². The Morgan fingerprint density at radius 3 is 2.47 bits per heavy atom. The molecule has 3 nitrogen and oxygen atoms in total. The van der Waals surface area contributed by atoms with Gasteiger partial charge in [-0.05, 0) is 30.7 Å². The minimum Gasteiger partial charge on any atom is -0.497 e. The van der Waals surface area contributed by atoms with Gasteiger partial charge in [0, 0.05) is 25.7 Å². The second kappa shape index (κ2) is 6.03. The van der Waals surface area contributed by atoms with Crippen molar-refractivity contribution in [2.45, 2.75) is 19.4 Å². The number of rotatable bonds is 6. The second-order valence-electron chi connectivity index (χ2n) is 4.54. The zero-order chi connectivity index (χ0) is 12.1. The summed E-state index contributed by atoms with van der Waals surface area (Å²) in [4.78, 5) is 2.56. The van der Waals surface area contributed by atoms with Crippen LogP contribution in [-0.4, -0.2) is 44.2 Å². The SMILES string of the molecule is CCN(CCc1ccc(OC)cc1)C1CNC1. The Bertz CT molecular complexity index is 333. The highest BCUT2D eigenvalue weighted by Gasteiger charge is 2.22. The summed E-state index contributed by atoms with van der Waals surface area (Å²) in [5.74, 6) is 0.935. The molecular weight excluding hydrogens is 212 g/mol. The summed E-state index contributed by atoms with van der Waals surface area (Å²) in [7, 11) is 1.71. The molecule has 0 atom stereocenters. The standard InChI is InChI=1S/C14H22N2O/c1-3-16(13-10-15-11-13)9-8-12-4-6-14(17-2)7-5-12/h4-7,13,15H,3,8-11H2,1-2H3. The van der Waals surface area contributed by atoms with Crippen molar-refractivity contribution in [3.05, 3.63) is 29.8 Å². The fraction of sp³-hybridized carbons (Fsp3) is 0.571. The molecule has 0 spiro atoms. The van der Waals surface area contributed by atoms with Crippen LogP contribution in [0, 0.1) is 0 Å². The highest BCUT2D eigenvalue weighted by Crippen LogP contribution is 2.13. The number of ether oxygens (including phenoxy) is 1. The summed E-state index contributed by atoms with van der Waals surface area (Å²) in [6.45, 7) is 6.83. The van der Waals surface area contributed by atoms with Gasteiger partial charge in [-0.15, -0.1) is 0 Å². The lowest BCUT2D eigenvalue weighted by Gasteiger charge is -2.37. The van der Waals surface area contributed by atoms with Crippen LogP contribution in [0.1, 0.15) is 12.5 Å². The van der Waals surface area contributed by atoms with Crippen molar-refractivity contribution in [2.24, 2.45) is 0 Å². The molecule has 17 heavy (non-hydrogen) atoms. The topological polar surface area (TPSA) is 24.5 Å². The Morgan fingerprint density at radius 1 is 1.29 bits per heavy atom. The van der Waals surface area contributed by atoms with E-state index in [2.05, 4.69) is 29.3 Å². The van der Waals surface area contributed by atoms with E-state index in [9.17, 15) is 0 Å². The molecule has 0 radical (unpaired) electrons. The predicted octanol–water partition coefficient (Wildman–Crippen LogP) is 1.53. The smallest absolute Gasteiger partial charge is 0.118 e. The number of likely N-dealkylation sites (N-methyl/N-ethyl adjacent to an activating group) is 1. The van der Waals surface area contributed by atoms with Crippen LogP contribution in [0.25, 0.3) is 0 Å². The Hall–Kier alpha value is -1.06. The summed E-state index contributed by atoms with van der Waals surface area (Å²) >= 11 is 0. The zero-order valence-corrected chi connectivity index (χ0v) is 10.8. The van der Waals surface area contributed by atoms with Crippen LogP contribution in [0.15, 0.2) is 24.3 Å². The van der Waals surface area contributed by atoms with Crippen molar-refractivity contribution < 1.29 is 4.74 Å². The monoisotopic (exact) mass is 234 g/mol. The van der Waals surface area contributed by atoms with Crippen molar-refractivity contribution >= 4 is 0 Å². The van der Waals surface area contributed by atoms with Crippen LogP contribution >= 0.6 is 0 Å². The maximum Gasteiger partial charge on any atom is 0.118 e. The highest BCUT2D eigenvalue weighted by atomic mass is 16.5. The van der Waals surface area contributed by atoms with Crippen LogP contribution in [0.3, 0.4) is 0 Å². The maximum absolute atomic E-state index is 5.16. The van der Waals surface area contributed by atoms with Crippen molar-refractivity contribution in [1.82, 2.24) is 10.2 Å². The van der Waals surface area contributed by atoms with Crippen LogP contribution < -0.4 is 10.1 Å². The summed E-state index contributed by atoms with van der Waals surface area (Å²) in [6, 6.07) is 9.14. The molecule has 2 rings (SSSR count). The van der Waals surface area contributed by atoms with Gasteiger partial charge in [0.15, 0.2) is 0 Å². The van der Waals surface area contributed by atoms with E-state index >= 15 is 0 Å². The average molecular weight is 234 g/mol. The quantitative estimate of drug-likeness (QED) is 0.808. The molecule has 1 aromatic carbocycles. The zero-order valence-electron chi connectivity index (χ0n) is 10.8. The van der Waals surface area contributed by atoms with Crippen molar-refractivity contribution in [3.8, 4) is 5.75 Å². The predicted molar refractivity (Wildman–Crippen MR) is 70.6 cm³/mol. The number of benzene rings is 1. The van der Waals surface area contributed by atoms with Gasteiger partial charge in [0.25, 0.3) is 0 Å². The molecule has 1 aromatic rings. The van der Waals surface area contributed by atoms with E-state index in [1.165, 1.54) is 5.56 Å². The third kappa shape index (κ3) is 3.20. The lowest BCUT2D eigenvalue weighted by Crippen LogP contribution is -2.57. The fourth-order valence-electron chi connectivity index (χ4n) is 2.20. The van der Waals surface area contributed by atoms with Crippen LogP contribution in [0.4, 0.5) is 0 Å².